The molecule has 0 atom stereocenters. The summed E-state index contributed by atoms with van der Waals surface area (Å²) in [5.41, 5.74) is 0.206. The van der Waals surface area contributed by atoms with Crippen molar-refractivity contribution in [1.29, 1.82) is 0 Å². The Kier molecular flexibility index (Phi) is 4.29. The van der Waals surface area contributed by atoms with Crippen LogP contribution in [0, 0.1) is 0 Å². The summed E-state index contributed by atoms with van der Waals surface area (Å²) in [5.74, 6) is 0.239. The highest BCUT2D eigenvalue weighted by molar-refractivity contribution is 5.90. The van der Waals surface area contributed by atoms with Crippen LogP contribution in [0.15, 0.2) is 22.0 Å². The van der Waals surface area contributed by atoms with Crippen LogP contribution < -0.4 is 16.6 Å². The number of hydrogen-bond acceptors (Lipinski definition) is 5. The van der Waals surface area contributed by atoms with Gasteiger partial charge in [-0.2, -0.15) is 5.10 Å². The fourth-order valence-electron chi connectivity index (χ4n) is 2.80. The lowest BCUT2D eigenvalue weighted by Gasteiger charge is -2.13. The van der Waals surface area contributed by atoms with E-state index in [9.17, 15) is 14.4 Å². The van der Waals surface area contributed by atoms with Crippen LogP contribution in [0.2, 0.25) is 0 Å². The van der Waals surface area contributed by atoms with E-state index in [1.807, 2.05) is 26.8 Å². The van der Waals surface area contributed by atoms with Crippen molar-refractivity contribution < 1.29 is 4.79 Å². The lowest BCUT2D eigenvalue weighted by atomic mass is 9.92. The Morgan fingerprint density at radius 1 is 1.15 bits per heavy atom. The number of hydrogen-bond donors (Lipinski definition) is 1. The number of amides is 1. The number of carbonyl (C=O) groups excluding carboxylic acids is 1. The highest BCUT2D eigenvalue weighted by atomic mass is 16.2. The molecular weight excluding hydrogens is 350 g/mol. The van der Waals surface area contributed by atoms with Crippen molar-refractivity contribution >= 4 is 22.9 Å². The molecule has 0 fully saturated rings. The highest BCUT2D eigenvalue weighted by Gasteiger charge is 2.20. The number of aryl methyl sites for hydroxylation is 2. The summed E-state index contributed by atoms with van der Waals surface area (Å²) in [6, 6.07) is 1.83. The minimum absolute atomic E-state index is 0.111. The summed E-state index contributed by atoms with van der Waals surface area (Å²) >= 11 is 0. The third kappa shape index (κ3) is 3.18. The van der Waals surface area contributed by atoms with Gasteiger partial charge in [0.05, 0.1) is 12.0 Å². The molecule has 0 saturated heterocycles. The van der Waals surface area contributed by atoms with Gasteiger partial charge in [-0.1, -0.05) is 20.8 Å². The van der Waals surface area contributed by atoms with Crippen molar-refractivity contribution in [3.8, 4) is 0 Å². The van der Waals surface area contributed by atoms with Crippen LogP contribution in [0.3, 0.4) is 0 Å². The maximum atomic E-state index is 12.5. The van der Waals surface area contributed by atoms with Gasteiger partial charge in [0.1, 0.15) is 12.4 Å². The van der Waals surface area contributed by atoms with Gasteiger partial charge in [-0.15, -0.1) is 0 Å². The molecule has 0 bridgehead atoms. The number of anilines is 1. The zero-order chi connectivity index (χ0) is 20.1. The van der Waals surface area contributed by atoms with Gasteiger partial charge in [0.2, 0.25) is 5.91 Å². The maximum absolute atomic E-state index is 12.5. The minimum atomic E-state index is -0.492. The number of nitrogens with zero attached hydrogens (tertiary/aromatic N) is 6. The molecule has 0 aliphatic carbocycles. The third-order valence-corrected chi connectivity index (χ3v) is 4.45. The van der Waals surface area contributed by atoms with E-state index in [-0.39, 0.29) is 29.0 Å². The Hall–Kier alpha value is -3.17. The van der Waals surface area contributed by atoms with E-state index in [2.05, 4.69) is 15.4 Å². The molecule has 3 heterocycles. The van der Waals surface area contributed by atoms with Crippen LogP contribution >= 0.6 is 0 Å². The average Bonchev–Trinajstić information content (AvgIpc) is 3.15. The molecule has 144 valence electrons. The summed E-state index contributed by atoms with van der Waals surface area (Å²) in [7, 11) is 4.68. The second kappa shape index (κ2) is 6.22. The van der Waals surface area contributed by atoms with Gasteiger partial charge in [0.25, 0.3) is 5.56 Å². The second-order valence-electron chi connectivity index (χ2n) is 7.59. The molecule has 0 saturated carbocycles. The van der Waals surface area contributed by atoms with Gasteiger partial charge in [-0.05, 0) is 0 Å². The van der Waals surface area contributed by atoms with Gasteiger partial charge in [0.15, 0.2) is 11.2 Å². The van der Waals surface area contributed by atoms with Gasteiger partial charge in [-0.3, -0.25) is 23.4 Å². The molecule has 0 aliphatic rings. The first-order valence-electron chi connectivity index (χ1n) is 8.46. The average molecular weight is 373 g/mol. The summed E-state index contributed by atoms with van der Waals surface area (Å²) in [4.78, 5) is 41.0. The van der Waals surface area contributed by atoms with Crippen molar-refractivity contribution in [1.82, 2.24) is 28.5 Å². The van der Waals surface area contributed by atoms with Crippen molar-refractivity contribution in [2.45, 2.75) is 32.7 Å². The summed E-state index contributed by atoms with van der Waals surface area (Å²) in [5, 5.41) is 7.22. The molecule has 3 aromatic rings. The fraction of sp³-hybridized carbons (Fsp3) is 0.471. The van der Waals surface area contributed by atoms with E-state index in [0.717, 1.165) is 10.3 Å². The van der Waals surface area contributed by atoms with E-state index in [0.29, 0.717) is 5.82 Å². The normalized spacial score (nSPS) is 11.9. The number of fused-ring (bicyclic) bond motifs is 1. The molecule has 10 heteroatoms. The third-order valence-electron chi connectivity index (χ3n) is 4.45. The first kappa shape index (κ1) is 18.6. The molecule has 0 aliphatic heterocycles. The number of carbonyl (C=O) groups is 1. The van der Waals surface area contributed by atoms with E-state index in [4.69, 9.17) is 0 Å². The van der Waals surface area contributed by atoms with Gasteiger partial charge in [0, 0.05) is 32.6 Å². The quantitative estimate of drug-likeness (QED) is 0.701. The molecule has 10 nitrogen and oxygen atoms in total. The van der Waals surface area contributed by atoms with Crippen molar-refractivity contribution in [3.05, 3.63) is 38.9 Å². The number of rotatable bonds is 3. The zero-order valence-electron chi connectivity index (χ0n) is 16.3. The van der Waals surface area contributed by atoms with Gasteiger partial charge >= 0.3 is 5.69 Å². The number of aromatic nitrogens is 6. The first-order valence-corrected chi connectivity index (χ1v) is 8.46. The van der Waals surface area contributed by atoms with Crippen LogP contribution in [0.4, 0.5) is 5.82 Å². The van der Waals surface area contributed by atoms with Crippen LogP contribution in [0.25, 0.3) is 11.2 Å². The van der Waals surface area contributed by atoms with Crippen LogP contribution in [-0.2, 0) is 37.9 Å². The molecule has 1 amide bonds. The minimum Gasteiger partial charge on any atom is -0.315 e. The largest absolute Gasteiger partial charge is 0.332 e. The number of nitrogens with one attached hydrogen (secondary N) is 1. The van der Waals surface area contributed by atoms with Crippen LogP contribution in [0.1, 0.15) is 26.5 Å². The van der Waals surface area contributed by atoms with E-state index >= 15 is 0 Å². The highest BCUT2D eigenvalue weighted by Crippen LogP contribution is 2.23. The first-order chi connectivity index (χ1) is 12.5. The Labute approximate surface area is 155 Å². The Balaban J connectivity index is 1.91. The molecule has 27 heavy (non-hydrogen) atoms. The van der Waals surface area contributed by atoms with Crippen molar-refractivity contribution in [2.24, 2.45) is 21.1 Å². The lowest BCUT2D eigenvalue weighted by molar-refractivity contribution is -0.116. The maximum Gasteiger partial charge on any atom is 0.332 e. The molecule has 0 spiro atoms. The Bertz CT molecular complexity index is 1150. The van der Waals surface area contributed by atoms with Gasteiger partial charge in [-0.25, -0.2) is 9.78 Å². The fourth-order valence-corrected chi connectivity index (χ4v) is 2.80. The summed E-state index contributed by atoms with van der Waals surface area (Å²) in [6.07, 6.45) is 1.38. The van der Waals surface area contributed by atoms with Crippen molar-refractivity contribution in [2.75, 3.05) is 5.32 Å². The van der Waals surface area contributed by atoms with Crippen LogP contribution in [0.5, 0.6) is 0 Å². The second-order valence-corrected chi connectivity index (χ2v) is 7.59. The molecule has 0 unspecified atom stereocenters. The number of imidazole rings is 1. The van der Waals surface area contributed by atoms with E-state index < -0.39 is 11.2 Å². The molecule has 3 aromatic heterocycles. The summed E-state index contributed by atoms with van der Waals surface area (Å²) in [6.45, 7) is 6.01. The monoisotopic (exact) mass is 373 g/mol. The molecular formula is C17H23N7O3. The van der Waals surface area contributed by atoms with Crippen molar-refractivity contribution in [3.63, 3.8) is 0 Å². The summed E-state index contributed by atoms with van der Waals surface area (Å²) < 4.78 is 5.32. The standard InChI is InChI=1S/C17H23N7O3/c1-17(2,3)10-7-11(23(6)20-10)19-12(25)8-24-9-18-14-13(24)15(26)22(5)16(27)21(14)4/h7,9H,8H2,1-6H3,(H,19,25). The SMILES string of the molecule is Cn1nc(C(C)(C)C)cc1NC(=O)Cn1cnc2c1c(=O)n(C)c(=O)n2C. The predicted octanol–water partition coefficient (Wildman–Crippen LogP) is 0.103. The Morgan fingerprint density at radius 2 is 1.81 bits per heavy atom. The van der Waals surface area contributed by atoms with Crippen LogP contribution in [-0.4, -0.2) is 34.4 Å². The smallest absolute Gasteiger partial charge is 0.315 e. The molecule has 0 radical (unpaired) electrons. The molecule has 0 aromatic carbocycles. The van der Waals surface area contributed by atoms with E-state index in [1.165, 1.54) is 29.6 Å². The lowest BCUT2D eigenvalue weighted by Crippen LogP contribution is -2.37. The van der Waals surface area contributed by atoms with E-state index in [1.54, 1.807) is 11.7 Å². The molecule has 1 N–H and O–H groups in total. The predicted molar refractivity (Wildman–Crippen MR) is 101 cm³/mol. The Morgan fingerprint density at radius 3 is 2.41 bits per heavy atom. The topological polar surface area (TPSA) is 109 Å². The molecule has 3 rings (SSSR count). The van der Waals surface area contributed by atoms with Gasteiger partial charge < -0.3 is 9.88 Å². The zero-order valence-corrected chi connectivity index (χ0v) is 16.3.